The fourth-order valence-electron chi connectivity index (χ4n) is 6.95. The largest absolute Gasteiger partial charge is 0.494 e. The van der Waals surface area contributed by atoms with Gasteiger partial charge in [-0.15, -0.1) is 0 Å². The minimum atomic E-state index is -1.22. The van der Waals surface area contributed by atoms with Crippen LogP contribution in [0.5, 0.6) is 5.75 Å². The first-order chi connectivity index (χ1) is 19.1. The quantitative estimate of drug-likeness (QED) is 0.419. The van der Waals surface area contributed by atoms with Gasteiger partial charge in [0.1, 0.15) is 17.4 Å². The lowest BCUT2D eigenvalue weighted by Gasteiger charge is -2.36. The molecule has 10 heteroatoms. The molecular formula is C30H36ClN3O6. The number of nitrogens with zero attached hydrogens (tertiary/aromatic N) is 1. The molecule has 9 nitrogen and oxygen atoms in total. The number of carbonyl (C=O) groups excluding carboxylic acids is 3. The van der Waals surface area contributed by atoms with Crippen molar-refractivity contribution in [2.75, 3.05) is 23.8 Å². The Morgan fingerprint density at radius 2 is 1.70 bits per heavy atom. The van der Waals surface area contributed by atoms with Crippen LogP contribution in [0.2, 0.25) is 5.02 Å². The van der Waals surface area contributed by atoms with E-state index in [0.29, 0.717) is 41.6 Å². The second-order valence-corrected chi connectivity index (χ2v) is 11.6. The molecule has 3 aliphatic rings. The summed E-state index contributed by atoms with van der Waals surface area (Å²) in [6, 6.07) is 12.1. The third kappa shape index (κ3) is 4.44. The van der Waals surface area contributed by atoms with E-state index in [0.717, 1.165) is 0 Å². The molecule has 3 heterocycles. The number of ether oxygens (including phenoxy) is 2. The molecule has 0 saturated carbocycles. The van der Waals surface area contributed by atoms with Gasteiger partial charge in [-0.1, -0.05) is 25.4 Å². The molecule has 1 spiro atoms. The van der Waals surface area contributed by atoms with Crippen molar-refractivity contribution in [3.05, 3.63) is 53.6 Å². The van der Waals surface area contributed by atoms with E-state index in [4.69, 9.17) is 21.1 Å². The molecule has 40 heavy (non-hydrogen) atoms. The number of hydrogen-bond donors (Lipinski definition) is 3. The van der Waals surface area contributed by atoms with Crippen LogP contribution in [0.3, 0.4) is 0 Å². The molecule has 0 aromatic heterocycles. The number of carbonyl (C=O) groups is 3. The van der Waals surface area contributed by atoms with Crippen LogP contribution < -0.4 is 15.4 Å². The van der Waals surface area contributed by atoms with Crippen LogP contribution in [0.25, 0.3) is 0 Å². The molecule has 214 valence electrons. The lowest BCUT2D eigenvalue weighted by Crippen LogP contribution is -2.56. The van der Waals surface area contributed by atoms with Gasteiger partial charge >= 0.3 is 0 Å². The number of amides is 3. The van der Waals surface area contributed by atoms with Gasteiger partial charge in [-0.3, -0.25) is 14.4 Å². The highest BCUT2D eigenvalue weighted by atomic mass is 35.5. The average Bonchev–Trinajstić information content (AvgIpc) is 3.44. The number of hydrogen-bond acceptors (Lipinski definition) is 6. The third-order valence-corrected chi connectivity index (χ3v) is 9.16. The van der Waals surface area contributed by atoms with Crippen LogP contribution in [-0.2, 0) is 19.1 Å². The molecule has 3 N–H and O–H groups in total. The first-order valence-electron chi connectivity index (χ1n) is 13.8. The monoisotopic (exact) mass is 569 g/mol. The molecule has 2 bridgehead atoms. The number of anilines is 2. The van der Waals surface area contributed by atoms with E-state index in [-0.39, 0.29) is 24.3 Å². The summed E-state index contributed by atoms with van der Waals surface area (Å²) in [6.45, 7) is 7.82. The summed E-state index contributed by atoms with van der Waals surface area (Å²) in [5, 5.41) is 16.6. The van der Waals surface area contributed by atoms with Crippen LogP contribution >= 0.6 is 11.6 Å². The topological polar surface area (TPSA) is 117 Å². The minimum Gasteiger partial charge on any atom is -0.494 e. The SMILES string of the molecule is CCOc1ccc(NC(=O)[C@@H]2[C@H]3C(=O)N([C@@H](CC)CO)C(C(=O)Nc4ccc(Cl)cc4)C34CC(C)[C@@]2(C)O4)cc1. The van der Waals surface area contributed by atoms with Crippen molar-refractivity contribution in [3.8, 4) is 5.75 Å². The van der Waals surface area contributed by atoms with Gasteiger partial charge in [0.05, 0.1) is 36.7 Å². The van der Waals surface area contributed by atoms with Gasteiger partial charge in [0.2, 0.25) is 17.7 Å². The van der Waals surface area contributed by atoms with Gasteiger partial charge in [0, 0.05) is 16.4 Å². The van der Waals surface area contributed by atoms with Crippen LogP contribution in [0.1, 0.15) is 40.5 Å². The smallest absolute Gasteiger partial charge is 0.250 e. The van der Waals surface area contributed by atoms with E-state index in [1.807, 2.05) is 27.7 Å². The molecule has 3 saturated heterocycles. The first kappa shape index (κ1) is 28.4. The highest BCUT2D eigenvalue weighted by Gasteiger charge is 2.80. The second kappa shape index (κ2) is 10.7. The van der Waals surface area contributed by atoms with Gasteiger partial charge in [-0.25, -0.2) is 0 Å². The van der Waals surface area contributed by atoms with E-state index in [9.17, 15) is 19.5 Å². The number of aliphatic hydroxyl groups is 1. The fourth-order valence-corrected chi connectivity index (χ4v) is 7.07. The summed E-state index contributed by atoms with van der Waals surface area (Å²) in [4.78, 5) is 43.6. The molecule has 2 aromatic rings. The molecule has 3 fully saturated rings. The van der Waals surface area contributed by atoms with Crippen molar-refractivity contribution in [1.29, 1.82) is 0 Å². The van der Waals surface area contributed by atoms with Crippen molar-refractivity contribution in [1.82, 2.24) is 4.90 Å². The zero-order valence-electron chi connectivity index (χ0n) is 23.1. The van der Waals surface area contributed by atoms with Gasteiger partial charge in [-0.05, 0) is 81.1 Å². The average molecular weight is 570 g/mol. The minimum absolute atomic E-state index is 0.104. The number of likely N-dealkylation sites (tertiary alicyclic amines) is 1. The summed E-state index contributed by atoms with van der Waals surface area (Å²) < 4.78 is 12.2. The standard InChI is InChI=1S/C30H36ClN3O6/c1-5-21(16-35)34-25(27(37)33-19-9-7-18(31)8-10-19)30-15-17(3)29(4,40-30)23(24(30)28(34)38)26(36)32-20-11-13-22(14-12-20)39-6-2/h7-14,17,21,23-25,35H,5-6,15-16H2,1-4H3,(H,32,36)(H,33,37)/t17?,21-,23-,24-,25?,29+,30?/m0/s1. The number of nitrogens with one attached hydrogen (secondary N) is 2. The van der Waals surface area contributed by atoms with E-state index >= 15 is 0 Å². The Balaban J connectivity index is 1.51. The van der Waals surface area contributed by atoms with E-state index in [1.165, 1.54) is 4.90 Å². The summed E-state index contributed by atoms with van der Waals surface area (Å²) >= 11 is 6.02. The van der Waals surface area contributed by atoms with E-state index in [1.54, 1.807) is 48.5 Å². The zero-order valence-corrected chi connectivity index (χ0v) is 23.9. The number of fused-ring (bicyclic) bond motifs is 1. The Hall–Kier alpha value is -3.14. The van der Waals surface area contributed by atoms with Crippen molar-refractivity contribution >= 4 is 40.7 Å². The Morgan fingerprint density at radius 1 is 1.10 bits per heavy atom. The Kier molecular flexibility index (Phi) is 7.58. The Morgan fingerprint density at radius 3 is 2.27 bits per heavy atom. The van der Waals surface area contributed by atoms with Gasteiger partial charge in [-0.2, -0.15) is 0 Å². The predicted octanol–water partition coefficient (Wildman–Crippen LogP) is 4.10. The van der Waals surface area contributed by atoms with Gasteiger partial charge in [0.25, 0.3) is 0 Å². The molecule has 7 atom stereocenters. The van der Waals surface area contributed by atoms with Crippen LogP contribution in [0, 0.1) is 17.8 Å². The maximum absolute atomic E-state index is 14.2. The predicted molar refractivity (Wildman–Crippen MR) is 151 cm³/mol. The highest BCUT2D eigenvalue weighted by Crippen LogP contribution is 2.65. The Bertz CT molecular complexity index is 1280. The number of rotatable bonds is 9. The molecule has 5 rings (SSSR count). The molecule has 2 aromatic carbocycles. The van der Waals surface area contributed by atoms with Crippen LogP contribution in [-0.4, -0.2) is 64.2 Å². The first-order valence-corrected chi connectivity index (χ1v) is 14.2. The molecule has 0 aliphatic carbocycles. The van der Waals surface area contributed by atoms with Crippen LogP contribution in [0.15, 0.2) is 48.5 Å². The zero-order chi connectivity index (χ0) is 28.8. The van der Waals surface area contributed by atoms with Crippen molar-refractivity contribution < 1.29 is 29.0 Å². The summed E-state index contributed by atoms with van der Waals surface area (Å²) in [5.74, 6) is -2.23. The van der Waals surface area contributed by atoms with Crippen molar-refractivity contribution in [2.45, 2.75) is 63.8 Å². The number of halogens is 1. The molecule has 0 radical (unpaired) electrons. The van der Waals surface area contributed by atoms with Crippen molar-refractivity contribution in [2.24, 2.45) is 17.8 Å². The Labute approximate surface area is 239 Å². The summed E-state index contributed by atoms with van der Waals surface area (Å²) in [6.07, 6.45) is 0.870. The third-order valence-electron chi connectivity index (χ3n) is 8.90. The van der Waals surface area contributed by atoms with E-state index in [2.05, 4.69) is 10.6 Å². The van der Waals surface area contributed by atoms with Crippen LogP contribution in [0.4, 0.5) is 11.4 Å². The maximum atomic E-state index is 14.2. The van der Waals surface area contributed by atoms with Gasteiger partial charge < -0.3 is 30.1 Å². The van der Waals surface area contributed by atoms with Gasteiger partial charge in [0.15, 0.2) is 0 Å². The lowest BCUT2D eigenvalue weighted by molar-refractivity contribution is -0.148. The van der Waals surface area contributed by atoms with Crippen molar-refractivity contribution in [3.63, 3.8) is 0 Å². The molecule has 3 unspecified atom stereocenters. The second-order valence-electron chi connectivity index (χ2n) is 11.1. The number of benzene rings is 2. The normalized spacial score (nSPS) is 31.1. The summed E-state index contributed by atoms with van der Waals surface area (Å²) in [7, 11) is 0. The highest BCUT2D eigenvalue weighted by molar-refractivity contribution is 6.30. The van der Waals surface area contributed by atoms with E-state index < -0.39 is 41.0 Å². The fraction of sp³-hybridized carbons (Fsp3) is 0.500. The number of aliphatic hydroxyl groups excluding tert-OH is 1. The maximum Gasteiger partial charge on any atom is 0.250 e. The molecular weight excluding hydrogens is 534 g/mol. The summed E-state index contributed by atoms with van der Waals surface area (Å²) in [5.41, 5.74) is -1.08. The molecule has 3 aliphatic heterocycles. The lowest BCUT2D eigenvalue weighted by atomic mass is 9.62. The molecule has 3 amide bonds.